The molecule has 0 saturated carbocycles. The molecule has 20 heteroatoms. The van der Waals surface area contributed by atoms with E-state index in [9.17, 15) is 79.0 Å². The standard InChI is InChI=1S/C17H6F18N2/c18-10(19,12(22,23)14(26,27)16(30,31)32)8-6-9(37(36-8)7-4-2-1-3-5-7)11(20,21)13(24,25)15(28,29)17(33,34)35/h1-6H. The van der Waals surface area contributed by atoms with Gasteiger partial charge in [0.2, 0.25) is 0 Å². The van der Waals surface area contributed by atoms with Gasteiger partial charge in [0.25, 0.3) is 0 Å². The van der Waals surface area contributed by atoms with Crippen LogP contribution in [0.3, 0.4) is 0 Å². The fraction of sp³-hybridized carbons (Fsp3) is 0.471. The number of rotatable bonds is 7. The number of aromatic nitrogens is 2. The lowest BCUT2D eigenvalue weighted by atomic mass is 9.98. The molecule has 0 aliphatic heterocycles. The summed E-state index contributed by atoms with van der Waals surface area (Å²) in [5.74, 6) is -44.3. The van der Waals surface area contributed by atoms with E-state index in [-0.39, 0.29) is 0 Å². The molecule has 0 atom stereocenters. The molecule has 2 nitrogen and oxygen atoms in total. The van der Waals surface area contributed by atoms with Crippen LogP contribution in [0.25, 0.3) is 5.69 Å². The molecular formula is C17H6F18N2. The van der Waals surface area contributed by atoms with E-state index in [1.807, 2.05) is 0 Å². The van der Waals surface area contributed by atoms with Crippen molar-refractivity contribution in [2.45, 2.75) is 47.9 Å². The number of hydrogen-bond acceptors (Lipinski definition) is 1. The predicted octanol–water partition coefficient (Wildman–Crippen LogP) is 7.72. The molecular weight excluding hydrogens is 574 g/mol. The Bertz CT molecular complexity index is 1110. The van der Waals surface area contributed by atoms with Gasteiger partial charge in [-0.05, 0) is 18.2 Å². The van der Waals surface area contributed by atoms with E-state index in [2.05, 4.69) is 5.10 Å². The van der Waals surface area contributed by atoms with Crippen molar-refractivity contribution in [1.82, 2.24) is 9.78 Å². The minimum absolute atomic E-state index is 0.441. The molecule has 0 amide bonds. The molecule has 0 N–H and O–H groups in total. The summed E-state index contributed by atoms with van der Waals surface area (Å²) >= 11 is 0. The largest absolute Gasteiger partial charge is 0.460 e. The minimum Gasteiger partial charge on any atom is -0.231 e. The number of benzene rings is 1. The van der Waals surface area contributed by atoms with Crippen molar-refractivity contribution in [3.63, 3.8) is 0 Å². The van der Waals surface area contributed by atoms with Crippen molar-refractivity contribution >= 4 is 0 Å². The van der Waals surface area contributed by atoms with Crippen LogP contribution in [0.1, 0.15) is 11.4 Å². The summed E-state index contributed by atoms with van der Waals surface area (Å²) in [6.45, 7) is 0. The molecule has 1 aromatic carbocycles. The number of nitrogens with zero attached hydrogens (tertiary/aromatic N) is 2. The summed E-state index contributed by atoms with van der Waals surface area (Å²) in [5.41, 5.74) is -7.55. The van der Waals surface area contributed by atoms with E-state index in [1.54, 1.807) is 0 Å². The SMILES string of the molecule is FC(F)(F)C(F)(F)C(F)(F)C(F)(F)c1cc(C(F)(F)C(F)(F)C(F)(F)C(F)(F)F)n(-c2ccccc2)n1. The predicted molar refractivity (Wildman–Crippen MR) is 83.2 cm³/mol. The molecule has 210 valence electrons. The second-order valence-corrected chi connectivity index (χ2v) is 7.10. The molecule has 1 heterocycles. The average molecular weight is 580 g/mol. The normalized spacial score (nSPS) is 15.3. The maximum atomic E-state index is 14.5. The molecule has 37 heavy (non-hydrogen) atoms. The first-order valence-electron chi connectivity index (χ1n) is 8.76. The second kappa shape index (κ2) is 8.34. The van der Waals surface area contributed by atoms with E-state index in [0.717, 1.165) is 18.2 Å². The lowest BCUT2D eigenvalue weighted by Crippen LogP contribution is -2.60. The van der Waals surface area contributed by atoms with Gasteiger partial charge in [0.05, 0.1) is 5.69 Å². The molecule has 0 spiro atoms. The summed E-state index contributed by atoms with van der Waals surface area (Å²) < 4.78 is 238. The molecule has 0 fully saturated rings. The molecule has 2 rings (SSSR count). The third-order valence-electron chi connectivity index (χ3n) is 4.64. The zero-order chi connectivity index (χ0) is 29.3. The van der Waals surface area contributed by atoms with Gasteiger partial charge in [-0.2, -0.15) is 84.1 Å². The van der Waals surface area contributed by atoms with Crippen LogP contribution in [-0.2, 0) is 11.8 Å². The van der Waals surface area contributed by atoms with Gasteiger partial charge in [0, 0.05) is 0 Å². The maximum Gasteiger partial charge on any atom is 0.460 e. The van der Waals surface area contributed by atoms with Crippen LogP contribution in [0.4, 0.5) is 79.0 Å². The van der Waals surface area contributed by atoms with E-state index >= 15 is 0 Å². The van der Waals surface area contributed by atoms with Crippen LogP contribution in [-0.4, -0.2) is 45.8 Å². The highest BCUT2D eigenvalue weighted by molar-refractivity contribution is 5.37. The molecule has 1 aromatic heterocycles. The lowest BCUT2D eigenvalue weighted by molar-refractivity contribution is -0.400. The Balaban J connectivity index is 2.90. The van der Waals surface area contributed by atoms with E-state index in [4.69, 9.17) is 0 Å². The highest BCUT2D eigenvalue weighted by Crippen LogP contribution is 2.59. The average Bonchev–Trinajstić information content (AvgIpc) is 3.19. The van der Waals surface area contributed by atoms with Crippen LogP contribution in [0.5, 0.6) is 0 Å². The number of halogens is 18. The fourth-order valence-electron chi connectivity index (χ4n) is 2.60. The smallest absolute Gasteiger partial charge is 0.231 e. The lowest BCUT2D eigenvalue weighted by Gasteiger charge is -2.33. The van der Waals surface area contributed by atoms with Crippen LogP contribution < -0.4 is 0 Å². The van der Waals surface area contributed by atoms with Crippen molar-refractivity contribution < 1.29 is 79.0 Å². The summed E-state index contributed by atoms with van der Waals surface area (Å²) in [5, 5.41) is 2.18. The van der Waals surface area contributed by atoms with Gasteiger partial charge in [0.15, 0.2) is 0 Å². The molecule has 0 radical (unpaired) electrons. The fourth-order valence-corrected chi connectivity index (χ4v) is 2.60. The first kappa shape index (κ1) is 30.4. The Kier molecular flexibility index (Phi) is 6.85. The molecule has 0 unspecified atom stereocenters. The number of hydrogen-bond donors (Lipinski definition) is 0. The minimum atomic E-state index is -7.62. The quantitative estimate of drug-likeness (QED) is 0.307. The van der Waals surface area contributed by atoms with Crippen molar-refractivity contribution in [1.29, 1.82) is 0 Å². The Morgan fingerprint density at radius 2 is 0.865 bits per heavy atom. The van der Waals surface area contributed by atoms with Crippen LogP contribution in [0, 0.1) is 0 Å². The summed E-state index contributed by atoms with van der Waals surface area (Å²) in [6, 6.07) is 1.96. The van der Waals surface area contributed by atoms with Crippen molar-refractivity contribution in [2.75, 3.05) is 0 Å². The van der Waals surface area contributed by atoms with Crippen LogP contribution in [0.15, 0.2) is 36.4 Å². The highest BCUT2D eigenvalue weighted by Gasteiger charge is 2.84. The van der Waals surface area contributed by atoms with E-state index in [0.29, 0.717) is 12.1 Å². The van der Waals surface area contributed by atoms with Gasteiger partial charge in [-0.15, -0.1) is 0 Å². The highest BCUT2D eigenvalue weighted by atomic mass is 19.4. The molecule has 0 saturated heterocycles. The van der Waals surface area contributed by atoms with E-state index < -0.39 is 75.7 Å². The zero-order valence-electron chi connectivity index (χ0n) is 16.7. The third-order valence-corrected chi connectivity index (χ3v) is 4.64. The Morgan fingerprint density at radius 3 is 1.24 bits per heavy atom. The maximum absolute atomic E-state index is 14.5. The third kappa shape index (κ3) is 4.24. The summed E-state index contributed by atoms with van der Waals surface area (Å²) in [7, 11) is 0. The van der Waals surface area contributed by atoms with Crippen LogP contribution >= 0.6 is 0 Å². The Labute approximate surface area is 191 Å². The van der Waals surface area contributed by atoms with Gasteiger partial charge in [-0.3, -0.25) is 0 Å². The van der Waals surface area contributed by atoms with Gasteiger partial charge >= 0.3 is 47.9 Å². The van der Waals surface area contributed by atoms with Crippen molar-refractivity contribution in [2.24, 2.45) is 0 Å². The van der Waals surface area contributed by atoms with Gasteiger partial charge in [0.1, 0.15) is 11.4 Å². The zero-order valence-corrected chi connectivity index (χ0v) is 16.7. The van der Waals surface area contributed by atoms with Gasteiger partial charge < -0.3 is 0 Å². The molecule has 0 aliphatic carbocycles. The second-order valence-electron chi connectivity index (χ2n) is 7.10. The van der Waals surface area contributed by atoms with E-state index in [1.165, 1.54) is 0 Å². The van der Waals surface area contributed by atoms with Gasteiger partial charge in [-0.1, -0.05) is 18.2 Å². The van der Waals surface area contributed by atoms with Gasteiger partial charge in [-0.25, -0.2) is 4.68 Å². The first-order chi connectivity index (χ1) is 16.2. The summed E-state index contributed by atoms with van der Waals surface area (Å²) in [6.07, 6.45) is -14.8. The number of para-hydroxylation sites is 1. The topological polar surface area (TPSA) is 17.8 Å². The van der Waals surface area contributed by atoms with Crippen molar-refractivity contribution in [3.8, 4) is 5.69 Å². The monoisotopic (exact) mass is 580 g/mol. The van der Waals surface area contributed by atoms with Crippen LogP contribution in [0.2, 0.25) is 0 Å². The molecule has 0 aliphatic rings. The Morgan fingerprint density at radius 1 is 0.486 bits per heavy atom. The first-order valence-corrected chi connectivity index (χ1v) is 8.76. The van der Waals surface area contributed by atoms with Crippen molar-refractivity contribution in [3.05, 3.63) is 47.8 Å². The molecule has 0 bridgehead atoms. The summed E-state index contributed by atoms with van der Waals surface area (Å²) in [4.78, 5) is 0. The molecule has 2 aromatic rings. The Hall–Kier alpha value is -2.83. The number of alkyl halides is 18.